The number of fused-ring (bicyclic) bond motifs is 1. The zero-order valence-corrected chi connectivity index (χ0v) is 18.5. The Balaban J connectivity index is 1.50. The predicted molar refractivity (Wildman–Crippen MR) is 125 cm³/mol. The Bertz CT molecular complexity index is 1350. The molecule has 2 aromatic carbocycles. The van der Waals surface area contributed by atoms with Gasteiger partial charge < -0.3 is 14.2 Å². The number of hydrogen-bond acceptors (Lipinski definition) is 6. The summed E-state index contributed by atoms with van der Waals surface area (Å²) in [7, 11) is 0. The predicted octanol–water partition coefficient (Wildman–Crippen LogP) is 5.19. The van der Waals surface area contributed by atoms with Gasteiger partial charge in [-0.25, -0.2) is 9.37 Å². The molecule has 0 aliphatic carbocycles. The minimum atomic E-state index is -1.14. The molecule has 174 valence electrons. The third-order valence-electron chi connectivity index (χ3n) is 5.62. The third-order valence-corrected chi connectivity index (χ3v) is 5.62. The number of amides is 1. The van der Waals surface area contributed by atoms with Gasteiger partial charge in [0, 0.05) is 24.6 Å². The average Bonchev–Trinajstić information content (AvgIpc) is 3.52. The minimum absolute atomic E-state index is 0.0292. The lowest BCUT2D eigenvalue weighted by molar-refractivity contribution is 0.0789. The molecular formula is C25H22F2N4O3. The Kier molecular flexibility index (Phi) is 6.36. The van der Waals surface area contributed by atoms with Gasteiger partial charge in [0.1, 0.15) is 5.52 Å². The Morgan fingerprint density at radius 2 is 2.03 bits per heavy atom. The monoisotopic (exact) mass is 464 g/mol. The zero-order chi connectivity index (χ0) is 24.4. The van der Waals surface area contributed by atoms with E-state index >= 15 is 0 Å². The molecule has 34 heavy (non-hydrogen) atoms. The highest BCUT2D eigenvalue weighted by Gasteiger charge is 2.33. The number of oxazole rings is 1. The molecule has 0 saturated carbocycles. The van der Waals surface area contributed by atoms with Crippen LogP contribution in [0, 0.1) is 23.0 Å². The molecule has 7 nitrogen and oxygen atoms in total. The maximum Gasteiger partial charge on any atom is 0.254 e. The van der Waals surface area contributed by atoms with E-state index in [1.165, 1.54) is 12.1 Å². The quantitative estimate of drug-likeness (QED) is 0.296. The summed E-state index contributed by atoms with van der Waals surface area (Å²) in [6.07, 6.45) is 2.04. The number of benzene rings is 2. The first-order valence-corrected chi connectivity index (χ1v) is 10.5. The molecule has 0 radical (unpaired) electrons. The van der Waals surface area contributed by atoms with Crippen molar-refractivity contribution in [3.63, 3.8) is 0 Å². The summed E-state index contributed by atoms with van der Waals surface area (Å²) < 4.78 is 32.8. The Labute approximate surface area is 194 Å². The van der Waals surface area contributed by atoms with Crippen LogP contribution in [-0.4, -0.2) is 40.3 Å². The van der Waals surface area contributed by atoms with Crippen LogP contribution in [0.2, 0.25) is 0 Å². The van der Waals surface area contributed by atoms with Crippen molar-refractivity contribution in [2.75, 3.05) is 13.1 Å². The highest BCUT2D eigenvalue weighted by molar-refractivity contribution is 6.01. The van der Waals surface area contributed by atoms with Gasteiger partial charge in [-0.05, 0) is 37.6 Å². The van der Waals surface area contributed by atoms with Gasteiger partial charge in [0.15, 0.2) is 17.2 Å². The van der Waals surface area contributed by atoms with Crippen LogP contribution in [0.15, 0.2) is 65.2 Å². The molecule has 1 aromatic heterocycles. The molecule has 1 amide bonds. The fraction of sp³-hybridized carbons (Fsp3) is 0.200. The van der Waals surface area contributed by atoms with Crippen LogP contribution >= 0.6 is 0 Å². The third kappa shape index (κ3) is 4.36. The van der Waals surface area contributed by atoms with Crippen molar-refractivity contribution in [3.05, 3.63) is 84.3 Å². The lowest BCUT2D eigenvalue weighted by atomic mass is 10.0. The summed E-state index contributed by atoms with van der Waals surface area (Å²) in [6.45, 7) is 9.86. The summed E-state index contributed by atoms with van der Waals surface area (Å²) in [5.74, 6) is -2.67. The second kappa shape index (κ2) is 9.38. The number of oxime groups is 1. The van der Waals surface area contributed by atoms with Gasteiger partial charge in [-0.3, -0.25) is 10.2 Å². The van der Waals surface area contributed by atoms with E-state index in [0.717, 1.165) is 6.07 Å². The fourth-order valence-electron chi connectivity index (χ4n) is 3.70. The van der Waals surface area contributed by atoms with E-state index in [0.29, 0.717) is 29.8 Å². The molecule has 1 saturated heterocycles. The van der Waals surface area contributed by atoms with Crippen molar-refractivity contribution in [2.24, 2.45) is 11.1 Å². The van der Waals surface area contributed by atoms with Crippen LogP contribution in [0.25, 0.3) is 16.9 Å². The SMILES string of the molecule is C=C/C(C)=N\OC(=C)c1ccccc1C(=O)N1CC[C@@H](C(=N)c2nc3ccc(F)c(F)c3o2)C1. The molecular weight excluding hydrogens is 442 g/mol. The minimum Gasteiger partial charge on any atom is -0.432 e. The molecule has 1 aliphatic heterocycles. The number of allylic oxidation sites excluding steroid dienone is 1. The highest BCUT2D eigenvalue weighted by atomic mass is 19.2. The van der Waals surface area contributed by atoms with Gasteiger partial charge in [-0.2, -0.15) is 4.39 Å². The first-order valence-electron chi connectivity index (χ1n) is 10.5. The summed E-state index contributed by atoms with van der Waals surface area (Å²) in [6, 6.07) is 9.16. The van der Waals surface area contributed by atoms with Crippen LogP contribution in [0.1, 0.15) is 35.2 Å². The highest BCUT2D eigenvalue weighted by Crippen LogP contribution is 2.28. The lowest BCUT2D eigenvalue weighted by Crippen LogP contribution is -2.30. The van der Waals surface area contributed by atoms with Crippen molar-refractivity contribution in [1.29, 1.82) is 5.41 Å². The molecule has 4 rings (SSSR count). The van der Waals surface area contributed by atoms with E-state index < -0.39 is 11.6 Å². The second-order valence-electron chi connectivity index (χ2n) is 7.88. The molecule has 0 unspecified atom stereocenters. The molecule has 1 atom stereocenters. The van der Waals surface area contributed by atoms with E-state index in [4.69, 9.17) is 14.7 Å². The van der Waals surface area contributed by atoms with Gasteiger partial charge >= 0.3 is 0 Å². The molecule has 1 N–H and O–H groups in total. The zero-order valence-electron chi connectivity index (χ0n) is 18.5. The normalized spacial score (nSPS) is 16.0. The van der Waals surface area contributed by atoms with Gasteiger partial charge in [-0.15, -0.1) is 0 Å². The molecule has 1 fully saturated rings. The van der Waals surface area contributed by atoms with E-state index in [1.807, 2.05) is 0 Å². The lowest BCUT2D eigenvalue weighted by Gasteiger charge is -2.18. The van der Waals surface area contributed by atoms with Crippen LogP contribution in [0.5, 0.6) is 0 Å². The van der Waals surface area contributed by atoms with Crippen LogP contribution in [0.3, 0.4) is 0 Å². The maximum atomic E-state index is 14.0. The number of halogens is 2. The number of hydrogen-bond donors (Lipinski definition) is 1. The van der Waals surface area contributed by atoms with Crippen molar-refractivity contribution < 1.29 is 22.8 Å². The number of aromatic nitrogens is 1. The number of nitrogens with one attached hydrogen (secondary N) is 1. The number of nitrogens with zero attached hydrogens (tertiary/aromatic N) is 3. The van der Waals surface area contributed by atoms with Crippen LogP contribution in [-0.2, 0) is 4.84 Å². The number of carbonyl (C=O) groups excluding carboxylic acids is 1. The summed E-state index contributed by atoms with van der Waals surface area (Å²) in [4.78, 5) is 24.3. The Hall–Kier alpha value is -4.14. The van der Waals surface area contributed by atoms with Crippen LogP contribution in [0.4, 0.5) is 8.78 Å². The van der Waals surface area contributed by atoms with Crippen molar-refractivity contribution >= 4 is 34.2 Å². The molecule has 2 heterocycles. The Morgan fingerprint density at radius 3 is 2.76 bits per heavy atom. The molecule has 0 bridgehead atoms. The number of likely N-dealkylation sites (tertiary alicyclic amines) is 1. The van der Waals surface area contributed by atoms with Gasteiger partial charge in [-0.1, -0.05) is 36.5 Å². The van der Waals surface area contributed by atoms with E-state index in [-0.39, 0.29) is 46.8 Å². The van der Waals surface area contributed by atoms with Crippen LogP contribution < -0.4 is 0 Å². The van der Waals surface area contributed by atoms with E-state index in [9.17, 15) is 13.6 Å². The molecule has 0 spiro atoms. The van der Waals surface area contributed by atoms with Crippen molar-refractivity contribution in [2.45, 2.75) is 13.3 Å². The second-order valence-corrected chi connectivity index (χ2v) is 7.88. The van der Waals surface area contributed by atoms with E-state index in [2.05, 4.69) is 23.3 Å². The molecule has 1 aliphatic rings. The number of carbonyl (C=O) groups is 1. The molecule has 9 heteroatoms. The van der Waals surface area contributed by atoms with Gasteiger partial charge in [0.2, 0.25) is 11.7 Å². The summed E-state index contributed by atoms with van der Waals surface area (Å²) >= 11 is 0. The first-order chi connectivity index (χ1) is 16.3. The van der Waals surface area contributed by atoms with Gasteiger partial charge in [0.05, 0.1) is 17.0 Å². The van der Waals surface area contributed by atoms with Crippen molar-refractivity contribution in [1.82, 2.24) is 9.88 Å². The van der Waals surface area contributed by atoms with E-state index in [1.54, 1.807) is 36.1 Å². The average molecular weight is 464 g/mol. The largest absolute Gasteiger partial charge is 0.432 e. The fourth-order valence-corrected chi connectivity index (χ4v) is 3.70. The topological polar surface area (TPSA) is 91.8 Å². The maximum absolute atomic E-state index is 14.0. The summed E-state index contributed by atoms with van der Waals surface area (Å²) in [5.41, 5.74) is 1.29. The molecule has 3 aromatic rings. The first kappa shape index (κ1) is 23.0. The van der Waals surface area contributed by atoms with Gasteiger partial charge in [0.25, 0.3) is 5.91 Å². The standard InChI is InChI=1S/C25H22F2N4O3/c1-4-14(2)30-34-15(3)17-7-5-6-8-18(17)25(32)31-12-11-16(13-31)22(28)24-29-20-10-9-19(26)21(27)23(20)33-24/h4-10,16,28H,1,3,11-13H2,2H3/b28-22?,30-14-/t16-/m1/s1. The number of rotatable bonds is 7. The smallest absolute Gasteiger partial charge is 0.254 e. The Morgan fingerprint density at radius 1 is 1.29 bits per heavy atom. The van der Waals surface area contributed by atoms with Crippen molar-refractivity contribution in [3.8, 4) is 0 Å². The summed E-state index contributed by atoms with van der Waals surface area (Å²) in [5, 5.41) is 12.4.